The number of hydrogen-bond acceptors (Lipinski definition) is 3. The molecular formula is C14H12O2S. The Labute approximate surface area is 104 Å². The van der Waals surface area contributed by atoms with Crippen molar-refractivity contribution >= 4 is 17.6 Å². The molecule has 0 amide bonds. The highest BCUT2D eigenvalue weighted by atomic mass is 32.1. The second-order valence-corrected chi connectivity index (χ2v) is 5.23. The van der Waals surface area contributed by atoms with E-state index in [4.69, 9.17) is 4.74 Å². The molecule has 17 heavy (non-hydrogen) atoms. The molecule has 0 aliphatic heterocycles. The van der Waals surface area contributed by atoms with Crippen molar-refractivity contribution in [2.24, 2.45) is 0 Å². The summed E-state index contributed by atoms with van der Waals surface area (Å²) >= 11 is 1.58. The number of methoxy groups -OCH3 is 1. The standard InChI is InChI=1S/C14H12O2S/c1-16-11-4-5-13-9(6-11)2-3-10-7-12(8-15)17-14(10)13/h4-8H,2-3H2,1H3. The number of benzene rings is 1. The maximum Gasteiger partial charge on any atom is 0.160 e. The van der Waals surface area contributed by atoms with Gasteiger partial charge in [0.05, 0.1) is 12.0 Å². The van der Waals surface area contributed by atoms with Crippen LogP contribution < -0.4 is 4.74 Å². The minimum Gasteiger partial charge on any atom is -0.497 e. The van der Waals surface area contributed by atoms with E-state index in [0.29, 0.717) is 0 Å². The van der Waals surface area contributed by atoms with Crippen LogP contribution in [0.25, 0.3) is 10.4 Å². The van der Waals surface area contributed by atoms with E-state index in [-0.39, 0.29) is 0 Å². The molecule has 0 saturated heterocycles. The zero-order valence-electron chi connectivity index (χ0n) is 9.53. The third kappa shape index (κ3) is 1.67. The van der Waals surface area contributed by atoms with Crippen molar-refractivity contribution in [3.63, 3.8) is 0 Å². The minimum atomic E-state index is 0.818. The number of ether oxygens (including phenoxy) is 1. The molecule has 3 heteroatoms. The van der Waals surface area contributed by atoms with Crippen LogP contribution >= 0.6 is 11.3 Å². The van der Waals surface area contributed by atoms with Gasteiger partial charge in [0.1, 0.15) is 5.75 Å². The SMILES string of the molecule is COc1ccc2c(c1)CCc1cc(C=O)sc1-2. The predicted octanol–water partition coefficient (Wildman–Crippen LogP) is 3.33. The molecule has 0 fully saturated rings. The average molecular weight is 244 g/mol. The Morgan fingerprint density at radius 2 is 2.06 bits per heavy atom. The number of carbonyl (C=O) groups excluding carboxylic acids is 1. The van der Waals surface area contributed by atoms with Gasteiger partial charge in [-0.15, -0.1) is 11.3 Å². The molecular weight excluding hydrogens is 232 g/mol. The van der Waals surface area contributed by atoms with Gasteiger partial charge in [0.2, 0.25) is 0 Å². The van der Waals surface area contributed by atoms with Crippen molar-refractivity contribution < 1.29 is 9.53 Å². The van der Waals surface area contributed by atoms with Crippen LogP contribution in [0.4, 0.5) is 0 Å². The van der Waals surface area contributed by atoms with Crippen LogP contribution in [0.15, 0.2) is 24.3 Å². The number of rotatable bonds is 2. The number of aldehydes is 1. The Hall–Kier alpha value is -1.61. The largest absolute Gasteiger partial charge is 0.497 e. The highest BCUT2D eigenvalue weighted by molar-refractivity contribution is 7.17. The lowest BCUT2D eigenvalue weighted by molar-refractivity contribution is 0.112. The molecule has 0 saturated carbocycles. The molecule has 2 nitrogen and oxygen atoms in total. The van der Waals surface area contributed by atoms with Gasteiger partial charge in [-0.2, -0.15) is 0 Å². The van der Waals surface area contributed by atoms with Crippen LogP contribution in [-0.2, 0) is 12.8 Å². The molecule has 0 N–H and O–H groups in total. The first-order valence-corrected chi connectivity index (χ1v) is 6.38. The molecule has 2 aromatic rings. The fourth-order valence-corrected chi connectivity index (χ4v) is 3.40. The van der Waals surface area contributed by atoms with Crippen molar-refractivity contribution in [1.82, 2.24) is 0 Å². The number of carbonyl (C=O) groups is 1. The first-order chi connectivity index (χ1) is 8.31. The molecule has 1 aromatic heterocycles. The maximum absolute atomic E-state index is 10.8. The summed E-state index contributed by atoms with van der Waals surface area (Å²) < 4.78 is 5.24. The summed E-state index contributed by atoms with van der Waals surface area (Å²) in [4.78, 5) is 12.9. The molecule has 0 spiro atoms. The van der Waals surface area contributed by atoms with Gasteiger partial charge in [0.25, 0.3) is 0 Å². The zero-order valence-corrected chi connectivity index (χ0v) is 10.3. The van der Waals surface area contributed by atoms with Crippen molar-refractivity contribution in [2.75, 3.05) is 7.11 Å². The molecule has 0 atom stereocenters. The Kier molecular flexibility index (Phi) is 2.48. The Bertz CT molecular complexity index is 584. The molecule has 1 aliphatic rings. The lowest BCUT2D eigenvalue weighted by atomic mass is 9.91. The quantitative estimate of drug-likeness (QED) is 0.757. The Balaban J connectivity index is 2.15. The lowest BCUT2D eigenvalue weighted by Gasteiger charge is -2.16. The second kappa shape index (κ2) is 4.00. The Morgan fingerprint density at radius 1 is 1.24 bits per heavy atom. The minimum absolute atomic E-state index is 0.818. The monoisotopic (exact) mass is 244 g/mol. The molecule has 86 valence electrons. The van der Waals surface area contributed by atoms with Crippen LogP contribution in [0.3, 0.4) is 0 Å². The predicted molar refractivity (Wildman–Crippen MR) is 69.1 cm³/mol. The number of fused-ring (bicyclic) bond motifs is 3. The number of thiophene rings is 1. The van der Waals surface area contributed by atoms with Crippen LogP contribution in [0, 0.1) is 0 Å². The fraction of sp³-hybridized carbons (Fsp3) is 0.214. The number of hydrogen-bond donors (Lipinski definition) is 0. The van der Waals surface area contributed by atoms with Crippen LogP contribution in [0.5, 0.6) is 5.75 Å². The lowest BCUT2D eigenvalue weighted by Crippen LogP contribution is -2.01. The highest BCUT2D eigenvalue weighted by Gasteiger charge is 2.19. The molecule has 1 aliphatic carbocycles. The van der Waals surface area contributed by atoms with E-state index in [1.54, 1.807) is 18.4 Å². The van der Waals surface area contributed by atoms with Gasteiger partial charge in [0.15, 0.2) is 6.29 Å². The number of aryl methyl sites for hydroxylation is 2. The summed E-state index contributed by atoms with van der Waals surface area (Å²) in [6, 6.07) is 8.18. The van der Waals surface area contributed by atoms with Crippen molar-refractivity contribution in [3.05, 3.63) is 40.3 Å². The van der Waals surface area contributed by atoms with E-state index in [9.17, 15) is 4.79 Å². The van der Waals surface area contributed by atoms with Gasteiger partial charge in [-0.1, -0.05) is 0 Å². The molecule has 0 unspecified atom stereocenters. The summed E-state index contributed by atoms with van der Waals surface area (Å²) in [5.74, 6) is 0.902. The van der Waals surface area contributed by atoms with E-state index in [1.165, 1.54) is 21.6 Å². The summed E-state index contributed by atoms with van der Waals surface area (Å²) in [7, 11) is 1.69. The van der Waals surface area contributed by atoms with Gasteiger partial charge < -0.3 is 4.74 Å². The highest BCUT2D eigenvalue weighted by Crippen LogP contribution is 2.40. The molecule has 1 heterocycles. The summed E-state index contributed by atoms with van der Waals surface area (Å²) in [6.07, 6.45) is 2.97. The molecule has 1 aromatic carbocycles. The van der Waals surface area contributed by atoms with Gasteiger partial charge in [-0.05, 0) is 53.8 Å². The molecule has 0 radical (unpaired) electrons. The van der Waals surface area contributed by atoms with Crippen LogP contribution in [0.2, 0.25) is 0 Å². The topological polar surface area (TPSA) is 26.3 Å². The van der Waals surface area contributed by atoms with E-state index in [2.05, 4.69) is 12.1 Å². The van der Waals surface area contributed by atoms with E-state index in [0.717, 1.165) is 29.8 Å². The van der Waals surface area contributed by atoms with Gasteiger partial charge in [-0.3, -0.25) is 4.79 Å². The van der Waals surface area contributed by atoms with E-state index >= 15 is 0 Å². The summed E-state index contributed by atoms with van der Waals surface area (Å²) in [5, 5.41) is 0. The van der Waals surface area contributed by atoms with E-state index < -0.39 is 0 Å². The van der Waals surface area contributed by atoms with Gasteiger partial charge in [-0.25, -0.2) is 0 Å². The van der Waals surface area contributed by atoms with Crippen molar-refractivity contribution in [1.29, 1.82) is 0 Å². The summed E-state index contributed by atoms with van der Waals surface area (Å²) in [5.41, 5.74) is 3.87. The fourth-order valence-electron chi connectivity index (χ4n) is 2.32. The molecule has 3 rings (SSSR count). The maximum atomic E-state index is 10.8. The zero-order chi connectivity index (χ0) is 11.8. The van der Waals surface area contributed by atoms with Crippen molar-refractivity contribution in [2.45, 2.75) is 12.8 Å². The summed E-state index contributed by atoms with van der Waals surface area (Å²) in [6.45, 7) is 0. The normalized spacial score (nSPS) is 12.8. The first kappa shape index (κ1) is 10.5. The van der Waals surface area contributed by atoms with Gasteiger partial charge in [0, 0.05) is 4.88 Å². The average Bonchev–Trinajstić information content (AvgIpc) is 2.81. The molecule has 0 bridgehead atoms. The van der Waals surface area contributed by atoms with Gasteiger partial charge >= 0.3 is 0 Å². The Morgan fingerprint density at radius 3 is 2.82 bits per heavy atom. The van der Waals surface area contributed by atoms with Crippen LogP contribution in [0.1, 0.15) is 20.8 Å². The van der Waals surface area contributed by atoms with Crippen LogP contribution in [-0.4, -0.2) is 13.4 Å². The third-order valence-electron chi connectivity index (χ3n) is 3.16. The van der Waals surface area contributed by atoms with E-state index in [1.807, 2.05) is 12.1 Å². The second-order valence-electron chi connectivity index (χ2n) is 4.14. The van der Waals surface area contributed by atoms with Crippen molar-refractivity contribution in [3.8, 4) is 16.2 Å². The smallest absolute Gasteiger partial charge is 0.160 e. The third-order valence-corrected chi connectivity index (χ3v) is 4.30. The first-order valence-electron chi connectivity index (χ1n) is 5.57.